The molecular weight excluding hydrogens is 586 g/mol. The molecule has 0 saturated carbocycles. The van der Waals surface area contributed by atoms with Crippen LogP contribution in [0.5, 0.6) is 0 Å². The number of amides is 3. The van der Waals surface area contributed by atoms with Gasteiger partial charge >= 0.3 is 12.2 Å². The molecule has 2 aromatic carbocycles. The summed E-state index contributed by atoms with van der Waals surface area (Å²) in [7, 11) is 1.93. The molecule has 246 valence electrons. The third-order valence-electron chi connectivity index (χ3n) is 10.5. The maximum absolute atomic E-state index is 14.1. The molecule has 3 amide bonds. The molecule has 5 heterocycles. The molecule has 0 bridgehead atoms. The Labute approximate surface area is 270 Å². The van der Waals surface area contributed by atoms with E-state index in [1.54, 1.807) is 4.90 Å². The van der Waals surface area contributed by atoms with Crippen LogP contribution in [-0.2, 0) is 26.3 Å². The monoisotopic (exact) mass is 631 g/mol. The predicted molar refractivity (Wildman–Crippen MR) is 174 cm³/mol. The molecular formula is C34H45N7O5. The molecule has 12 heteroatoms. The largest absolute Gasteiger partial charge is 0.438 e. The highest BCUT2D eigenvalue weighted by Gasteiger charge is 2.46. The zero-order valence-corrected chi connectivity index (χ0v) is 26.8. The minimum atomic E-state index is -0.947. The van der Waals surface area contributed by atoms with Gasteiger partial charge in [-0.1, -0.05) is 30.7 Å². The number of nitrogens with one attached hydrogen (secondary N) is 3. The number of likely N-dealkylation sites (tertiary alicyclic amines) is 3. The van der Waals surface area contributed by atoms with Crippen LogP contribution in [0.3, 0.4) is 0 Å². The second-order valence-corrected chi connectivity index (χ2v) is 13.4. The molecule has 12 nitrogen and oxygen atoms in total. The minimum Gasteiger partial charge on any atom is -0.438 e. The Balaban J connectivity index is 1.06. The van der Waals surface area contributed by atoms with Crippen LogP contribution in [0.15, 0.2) is 36.4 Å². The molecule has 1 unspecified atom stereocenters. The van der Waals surface area contributed by atoms with E-state index in [1.165, 1.54) is 19.3 Å². The van der Waals surface area contributed by atoms with E-state index in [4.69, 9.17) is 9.47 Å². The van der Waals surface area contributed by atoms with E-state index in [9.17, 15) is 14.4 Å². The van der Waals surface area contributed by atoms with Gasteiger partial charge in [-0.3, -0.25) is 15.1 Å². The summed E-state index contributed by atoms with van der Waals surface area (Å²) in [5.41, 5.74) is 11.1. The zero-order valence-electron chi connectivity index (χ0n) is 26.8. The number of hydrazine groups is 2. The van der Waals surface area contributed by atoms with Crippen molar-refractivity contribution in [3.8, 4) is 0 Å². The molecule has 5 aliphatic heterocycles. The summed E-state index contributed by atoms with van der Waals surface area (Å²) in [6.45, 7) is 6.35. The molecule has 46 heavy (non-hydrogen) atoms. The average molecular weight is 632 g/mol. The summed E-state index contributed by atoms with van der Waals surface area (Å²) in [6, 6.07) is 12.2. The van der Waals surface area contributed by atoms with E-state index in [2.05, 4.69) is 27.2 Å². The maximum Gasteiger partial charge on any atom is 0.412 e. The molecule has 0 aromatic heterocycles. The van der Waals surface area contributed by atoms with Crippen molar-refractivity contribution >= 4 is 35.2 Å². The third-order valence-corrected chi connectivity index (χ3v) is 10.5. The number of para-hydroxylation sites is 1. The van der Waals surface area contributed by atoms with E-state index in [1.807, 2.05) is 54.2 Å². The van der Waals surface area contributed by atoms with Crippen molar-refractivity contribution in [1.29, 1.82) is 0 Å². The molecule has 7 rings (SSSR count). The first-order chi connectivity index (χ1) is 22.3. The Bertz CT molecular complexity index is 1480. The van der Waals surface area contributed by atoms with Crippen molar-refractivity contribution in [1.82, 2.24) is 20.2 Å². The van der Waals surface area contributed by atoms with Crippen molar-refractivity contribution < 1.29 is 23.9 Å². The number of carbonyl (C=O) groups excluding carboxylic acids is 3. The molecule has 3 saturated heterocycles. The van der Waals surface area contributed by atoms with Crippen LogP contribution in [-0.4, -0.2) is 91.3 Å². The molecule has 0 aliphatic carbocycles. The Morgan fingerprint density at radius 1 is 1.00 bits per heavy atom. The van der Waals surface area contributed by atoms with Gasteiger partial charge in [0.2, 0.25) is 0 Å². The predicted octanol–water partition coefficient (Wildman–Crippen LogP) is 4.35. The Hall–Kier alpha value is -4.03. The third kappa shape index (κ3) is 5.95. The van der Waals surface area contributed by atoms with Crippen LogP contribution in [0.1, 0.15) is 61.6 Å². The van der Waals surface area contributed by atoms with Crippen molar-refractivity contribution in [2.75, 3.05) is 62.1 Å². The molecule has 3 fully saturated rings. The van der Waals surface area contributed by atoms with E-state index >= 15 is 0 Å². The summed E-state index contributed by atoms with van der Waals surface area (Å²) < 4.78 is 12.0. The van der Waals surface area contributed by atoms with Gasteiger partial charge in [0.15, 0.2) is 6.10 Å². The smallest absolute Gasteiger partial charge is 0.412 e. The van der Waals surface area contributed by atoms with Crippen molar-refractivity contribution in [2.24, 2.45) is 0 Å². The molecule has 3 N–H and O–H groups in total. The first-order valence-corrected chi connectivity index (χ1v) is 16.8. The molecule has 5 aliphatic rings. The van der Waals surface area contributed by atoms with Crippen molar-refractivity contribution in [3.05, 3.63) is 53.1 Å². The van der Waals surface area contributed by atoms with Gasteiger partial charge in [-0.15, -0.1) is 5.53 Å². The van der Waals surface area contributed by atoms with Crippen molar-refractivity contribution in [3.63, 3.8) is 0 Å². The molecule has 2 aromatic rings. The number of rotatable bonds is 5. The first kappa shape index (κ1) is 30.6. The van der Waals surface area contributed by atoms with Crippen LogP contribution >= 0.6 is 0 Å². The number of hydrogen-bond acceptors (Lipinski definition) is 9. The van der Waals surface area contributed by atoms with Gasteiger partial charge in [-0.05, 0) is 69.0 Å². The second-order valence-electron chi connectivity index (χ2n) is 13.4. The lowest BCUT2D eigenvalue weighted by Gasteiger charge is -2.44. The van der Waals surface area contributed by atoms with Gasteiger partial charge in [0.25, 0.3) is 5.91 Å². The van der Waals surface area contributed by atoms with Crippen LogP contribution in [0.25, 0.3) is 0 Å². The number of aryl methyl sites for hydroxylation is 1. The number of piperidine rings is 3. The molecule has 1 atom stereocenters. The van der Waals surface area contributed by atoms with Gasteiger partial charge < -0.3 is 29.6 Å². The summed E-state index contributed by atoms with van der Waals surface area (Å²) in [5, 5.41) is 4.68. The highest BCUT2D eigenvalue weighted by Crippen LogP contribution is 2.43. The Morgan fingerprint density at radius 2 is 1.74 bits per heavy atom. The van der Waals surface area contributed by atoms with E-state index in [-0.39, 0.29) is 12.3 Å². The van der Waals surface area contributed by atoms with E-state index < -0.39 is 23.9 Å². The first-order valence-electron chi connectivity index (χ1n) is 16.8. The van der Waals surface area contributed by atoms with E-state index in [0.717, 1.165) is 59.7 Å². The SMILES string of the molecule is Cc1cc(CC(OC(=O)N2CCC3(CC2)OC(=O)Nc2ccccc23)C(=O)N2CCC(N3CCCCC3)CC2)cc2c1NNN2C. The summed E-state index contributed by atoms with van der Waals surface area (Å²) >= 11 is 0. The average Bonchev–Trinajstić information content (AvgIpc) is 3.45. The lowest BCUT2D eigenvalue weighted by atomic mass is 9.82. The standard InChI is InChI=1S/C34H45N7O5/c1-23-20-24(21-28-30(23)36-37-38(28)2)22-29(31(42)40-16-10-25(11-17-40)39-14-6-3-7-15-39)45-33(44)41-18-12-34(13-19-41)26-8-4-5-9-27(26)35-32(43)46-34/h4-5,8-9,20-21,25,29,36-37H,3,6-7,10-19,22H2,1-2H3,(H,35,43). The van der Waals surface area contributed by atoms with E-state index in [0.29, 0.717) is 45.1 Å². The second kappa shape index (κ2) is 12.6. The number of fused-ring (bicyclic) bond motifs is 3. The van der Waals surface area contributed by atoms with Gasteiger partial charge in [-0.2, -0.15) is 0 Å². The fourth-order valence-corrected chi connectivity index (χ4v) is 7.89. The normalized spacial score (nSPS) is 22.0. The van der Waals surface area contributed by atoms with Crippen LogP contribution in [0, 0.1) is 6.92 Å². The number of benzene rings is 2. The Kier molecular flexibility index (Phi) is 8.41. The van der Waals surface area contributed by atoms with Crippen LogP contribution in [0.4, 0.5) is 26.7 Å². The quantitative estimate of drug-likeness (QED) is 0.443. The Morgan fingerprint density at radius 3 is 2.50 bits per heavy atom. The fraction of sp³-hybridized carbons (Fsp3) is 0.559. The number of hydrogen-bond donors (Lipinski definition) is 3. The summed E-state index contributed by atoms with van der Waals surface area (Å²) in [6.07, 6.45) is 4.93. The lowest BCUT2D eigenvalue weighted by molar-refractivity contribution is -0.142. The van der Waals surface area contributed by atoms with Crippen molar-refractivity contribution in [2.45, 2.75) is 76.0 Å². The lowest BCUT2D eigenvalue weighted by Crippen LogP contribution is -2.53. The van der Waals surface area contributed by atoms with Crippen LogP contribution in [0.2, 0.25) is 0 Å². The molecule has 0 radical (unpaired) electrons. The number of carbonyl (C=O) groups is 3. The summed E-state index contributed by atoms with van der Waals surface area (Å²) in [4.78, 5) is 46.3. The van der Waals surface area contributed by atoms with Gasteiger partial charge in [0, 0.05) is 64.1 Å². The fourth-order valence-electron chi connectivity index (χ4n) is 7.89. The van der Waals surface area contributed by atoms with Crippen LogP contribution < -0.4 is 21.3 Å². The molecule has 1 spiro atoms. The maximum atomic E-state index is 14.1. The number of nitrogens with zero attached hydrogens (tertiary/aromatic N) is 4. The number of ether oxygens (including phenoxy) is 2. The highest BCUT2D eigenvalue weighted by atomic mass is 16.6. The highest BCUT2D eigenvalue weighted by molar-refractivity contribution is 5.89. The minimum absolute atomic E-state index is 0.136. The number of anilines is 3. The topological polar surface area (TPSA) is 119 Å². The van der Waals surface area contributed by atoms with Gasteiger partial charge in [-0.25, -0.2) is 9.59 Å². The van der Waals surface area contributed by atoms with Gasteiger partial charge in [0.1, 0.15) is 5.60 Å². The van der Waals surface area contributed by atoms with Gasteiger partial charge in [0.05, 0.1) is 17.1 Å². The zero-order chi connectivity index (χ0) is 31.8. The summed E-state index contributed by atoms with van der Waals surface area (Å²) in [5.74, 6) is -0.136.